The van der Waals surface area contributed by atoms with Crippen molar-refractivity contribution in [1.82, 2.24) is 25.9 Å². The number of likely N-dealkylation sites (tertiary alicyclic amines) is 1. The number of hydrogen-bond donors (Lipinski definition) is 5. The van der Waals surface area contributed by atoms with Gasteiger partial charge in [0.1, 0.15) is 6.04 Å². The lowest BCUT2D eigenvalue weighted by atomic mass is 10.0. The SMILES string of the molecule is C/C(=C/NC(C(=O)N1CCCC1C)C(C)C)NN.CC.CC.O=CNC(CO)c1ccc(-c2ccccn2)cc1. The molecule has 3 unspecified atom stereocenters. The van der Waals surface area contributed by atoms with Gasteiger partial charge in [-0.2, -0.15) is 0 Å². The summed E-state index contributed by atoms with van der Waals surface area (Å²) in [6.45, 7) is 16.8. The van der Waals surface area contributed by atoms with Crippen LogP contribution in [0.15, 0.2) is 60.6 Å². The average molecular weight is 557 g/mol. The first kappa shape index (κ1) is 36.6. The number of pyridine rings is 1. The van der Waals surface area contributed by atoms with E-state index in [0.29, 0.717) is 12.5 Å². The molecular formula is C31H52N6O3. The fourth-order valence-electron chi connectivity index (χ4n) is 4.00. The van der Waals surface area contributed by atoms with Gasteiger partial charge < -0.3 is 26.1 Å². The molecule has 0 saturated carbocycles. The molecular weight excluding hydrogens is 504 g/mol. The lowest BCUT2D eigenvalue weighted by Crippen LogP contribution is -2.49. The minimum atomic E-state index is -0.361. The number of aliphatic hydroxyl groups is 1. The Labute approximate surface area is 241 Å². The molecule has 2 heterocycles. The summed E-state index contributed by atoms with van der Waals surface area (Å²) < 4.78 is 0. The number of nitrogens with zero attached hydrogens (tertiary/aromatic N) is 2. The fraction of sp³-hybridized carbons (Fsp3) is 0.516. The van der Waals surface area contributed by atoms with Crippen molar-refractivity contribution in [1.29, 1.82) is 0 Å². The number of aliphatic hydroxyl groups excluding tert-OH is 1. The van der Waals surface area contributed by atoms with Crippen LogP contribution in [-0.2, 0) is 9.59 Å². The van der Waals surface area contributed by atoms with Crippen LogP contribution in [0.3, 0.4) is 0 Å². The molecule has 3 atom stereocenters. The predicted octanol–water partition coefficient (Wildman–Crippen LogP) is 4.52. The van der Waals surface area contributed by atoms with Crippen molar-refractivity contribution in [2.75, 3.05) is 13.2 Å². The molecule has 9 heteroatoms. The summed E-state index contributed by atoms with van der Waals surface area (Å²) in [4.78, 5) is 29.1. The standard InChI is InChI=1S/C14H14N2O2.C13H26N4O.2C2H6/c17-9-14(16-10-18)12-6-4-11(5-7-12)13-3-1-2-8-15-13;1-9(2)12(15-8-10(3)16-14)13(18)17-7-5-6-11(17)4;2*1-2/h1-8,10,14,17H,9H2,(H,16,18);8-9,11-12,15-16H,5-7,14H2,1-4H3;2*1-2H3/b;10-8-;;. The van der Waals surface area contributed by atoms with E-state index in [2.05, 4.69) is 41.8 Å². The van der Waals surface area contributed by atoms with Crippen LogP contribution in [0.2, 0.25) is 0 Å². The predicted molar refractivity (Wildman–Crippen MR) is 165 cm³/mol. The molecule has 1 saturated heterocycles. The highest BCUT2D eigenvalue weighted by atomic mass is 16.3. The van der Waals surface area contributed by atoms with Crippen LogP contribution in [-0.4, -0.2) is 52.5 Å². The number of aromatic nitrogens is 1. The lowest BCUT2D eigenvalue weighted by Gasteiger charge is -2.29. The van der Waals surface area contributed by atoms with Crippen LogP contribution in [0.1, 0.15) is 79.8 Å². The number of hydrogen-bond acceptors (Lipinski definition) is 7. The first-order chi connectivity index (χ1) is 19.3. The number of rotatable bonds is 10. The van der Waals surface area contributed by atoms with Gasteiger partial charge in [0, 0.05) is 36.2 Å². The summed E-state index contributed by atoms with van der Waals surface area (Å²) in [7, 11) is 0. The van der Waals surface area contributed by atoms with Gasteiger partial charge >= 0.3 is 0 Å². The van der Waals surface area contributed by atoms with E-state index in [1.807, 2.05) is 82.0 Å². The van der Waals surface area contributed by atoms with E-state index in [9.17, 15) is 9.59 Å². The van der Waals surface area contributed by atoms with Crippen molar-refractivity contribution in [3.8, 4) is 11.3 Å². The van der Waals surface area contributed by atoms with Crippen molar-refractivity contribution >= 4 is 12.3 Å². The Balaban J connectivity index is 0.000000676. The topological polar surface area (TPSA) is 133 Å². The second-order valence-corrected chi connectivity index (χ2v) is 9.24. The quantitative estimate of drug-likeness (QED) is 0.165. The Hall–Kier alpha value is -3.43. The summed E-state index contributed by atoms with van der Waals surface area (Å²) in [6, 6.07) is 13.1. The number of amides is 2. The first-order valence-electron chi connectivity index (χ1n) is 14.3. The van der Waals surface area contributed by atoms with Gasteiger partial charge in [-0.05, 0) is 50.3 Å². The molecule has 1 fully saturated rings. The highest BCUT2D eigenvalue weighted by molar-refractivity contribution is 5.82. The number of carbonyl (C=O) groups is 2. The van der Waals surface area contributed by atoms with Crippen LogP contribution < -0.4 is 21.9 Å². The molecule has 40 heavy (non-hydrogen) atoms. The molecule has 0 spiro atoms. The third kappa shape index (κ3) is 12.2. The maximum absolute atomic E-state index is 12.5. The first-order valence-corrected chi connectivity index (χ1v) is 14.3. The number of nitrogens with two attached hydrogens (primary N) is 1. The molecule has 1 aliphatic rings. The summed E-state index contributed by atoms with van der Waals surface area (Å²) in [6.07, 6.45) is 6.32. The number of allylic oxidation sites excluding steroid dienone is 1. The van der Waals surface area contributed by atoms with Gasteiger partial charge in [-0.15, -0.1) is 0 Å². The van der Waals surface area contributed by atoms with Gasteiger partial charge in [-0.1, -0.05) is 71.9 Å². The maximum atomic E-state index is 12.5. The Morgan fingerprint density at radius 3 is 2.23 bits per heavy atom. The minimum absolute atomic E-state index is 0.123. The molecule has 2 aromatic rings. The van der Waals surface area contributed by atoms with E-state index in [4.69, 9.17) is 10.9 Å². The lowest BCUT2D eigenvalue weighted by molar-refractivity contribution is -0.134. The normalized spacial score (nSPS) is 15.6. The van der Waals surface area contributed by atoms with E-state index in [-0.39, 0.29) is 30.5 Å². The van der Waals surface area contributed by atoms with Crippen LogP contribution in [0, 0.1) is 5.92 Å². The van der Waals surface area contributed by atoms with Crippen molar-refractivity contribution in [2.24, 2.45) is 11.8 Å². The molecule has 9 nitrogen and oxygen atoms in total. The maximum Gasteiger partial charge on any atom is 0.245 e. The third-order valence-electron chi connectivity index (χ3n) is 6.20. The molecule has 0 radical (unpaired) electrons. The summed E-state index contributed by atoms with van der Waals surface area (Å²) in [5.41, 5.74) is 6.12. The number of benzene rings is 1. The van der Waals surface area contributed by atoms with Gasteiger partial charge in [-0.3, -0.25) is 20.4 Å². The van der Waals surface area contributed by atoms with Crippen molar-refractivity contribution in [3.05, 3.63) is 66.1 Å². The highest BCUT2D eigenvalue weighted by Crippen LogP contribution is 2.20. The Morgan fingerprint density at radius 1 is 1.12 bits per heavy atom. The monoisotopic (exact) mass is 556 g/mol. The fourth-order valence-corrected chi connectivity index (χ4v) is 4.00. The number of nitrogens with one attached hydrogen (secondary N) is 3. The summed E-state index contributed by atoms with van der Waals surface area (Å²) in [5, 5.41) is 14.9. The third-order valence-corrected chi connectivity index (χ3v) is 6.20. The average Bonchev–Trinajstić information content (AvgIpc) is 3.44. The Bertz CT molecular complexity index is 967. The van der Waals surface area contributed by atoms with Gasteiger partial charge in [0.15, 0.2) is 0 Å². The van der Waals surface area contributed by atoms with Gasteiger partial charge in [0.2, 0.25) is 12.3 Å². The van der Waals surface area contributed by atoms with E-state index in [1.54, 1.807) is 12.4 Å². The van der Waals surface area contributed by atoms with Crippen LogP contribution in [0.4, 0.5) is 0 Å². The molecule has 6 N–H and O–H groups in total. The van der Waals surface area contributed by atoms with Gasteiger partial charge in [-0.25, -0.2) is 0 Å². The van der Waals surface area contributed by atoms with Gasteiger partial charge in [0.05, 0.1) is 18.3 Å². The molecule has 1 aromatic carbocycles. The Morgan fingerprint density at radius 2 is 1.77 bits per heavy atom. The van der Waals surface area contributed by atoms with E-state index in [0.717, 1.165) is 41.9 Å². The minimum Gasteiger partial charge on any atom is -0.394 e. The van der Waals surface area contributed by atoms with E-state index in [1.165, 1.54) is 0 Å². The molecule has 3 rings (SSSR count). The molecule has 1 aliphatic heterocycles. The largest absolute Gasteiger partial charge is 0.394 e. The zero-order valence-electron chi connectivity index (χ0n) is 25.6. The summed E-state index contributed by atoms with van der Waals surface area (Å²) in [5.74, 6) is 5.73. The zero-order valence-corrected chi connectivity index (χ0v) is 25.6. The molecule has 1 aromatic heterocycles. The van der Waals surface area contributed by atoms with E-state index < -0.39 is 0 Å². The van der Waals surface area contributed by atoms with Crippen molar-refractivity contribution in [2.45, 2.75) is 86.4 Å². The molecule has 0 aliphatic carbocycles. The zero-order chi connectivity index (χ0) is 30.5. The molecule has 0 bridgehead atoms. The summed E-state index contributed by atoms with van der Waals surface area (Å²) >= 11 is 0. The van der Waals surface area contributed by atoms with E-state index >= 15 is 0 Å². The van der Waals surface area contributed by atoms with Crippen molar-refractivity contribution in [3.63, 3.8) is 0 Å². The van der Waals surface area contributed by atoms with Crippen LogP contribution in [0.5, 0.6) is 0 Å². The molecule has 224 valence electrons. The second kappa shape index (κ2) is 21.4. The molecule has 2 amide bonds. The smallest absolute Gasteiger partial charge is 0.245 e. The second-order valence-electron chi connectivity index (χ2n) is 9.24. The van der Waals surface area contributed by atoms with Crippen LogP contribution >= 0.6 is 0 Å². The number of carbonyl (C=O) groups excluding carboxylic acids is 2. The Kier molecular flexibility index (Phi) is 19.6. The highest BCUT2D eigenvalue weighted by Gasteiger charge is 2.31. The number of hydrazine groups is 1. The van der Waals surface area contributed by atoms with Crippen molar-refractivity contribution < 1.29 is 14.7 Å². The van der Waals surface area contributed by atoms with Gasteiger partial charge in [0.25, 0.3) is 0 Å². The van der Waals surface area contributed by atoms with Crippen LogP contribution in [0.25, 0.3) is 11.3 Å².